The van der Waals surface area contributed by atoms with Gasteiger partial charge in [0.2, 0.25) is 0 Å². The minimum absolute atomic E-state index is 0.288. The molecule has 1 heterocycles. The van der Waals surface area contributed by atoms with Gasteiger partial charge in [-0.3, -0.25) is 4.68 Å². The Kier molecular flexibility index (Phi) is 5.08. The van der Waals surface area contributed by atoms with Crippen LogP contribution in [0.1, 0.15) is 42.6 Å². The van der Waals surface area contributed by atoms with Crippen molar-refractivity contribution in [3.8, 4) is 0 Å². The molecule has 3 N–H and O–H groups in total. The van der Waals surface area contributed by atoms with E-state index in [-0.39, 0.29) is 6.03 Å². The van der Waals surface area contributed by atoms with Gasteiger partial charge in [-0.15, -0.1) is 0 Å². The highest BCUT2D eigenvalue weighted by Crippen LogP contribution is 2.28. The smallest absolute Gasteiger partial charge is 0.319 e. The molecule has 0 unspecified atom stereocenters. The van der Waals surface area contributed by atoms with E-state index in [0.29, 0.717) is 13.1 Å². The van der Waals surface area contributed by atoms with Crippen molar-refractivity contribution in [2.45, 2.75) is 51.7 Å². The number of nitrogens with zero attached hydrogens (tertiary/aromatic N) is 2. The molecule has 0 radical (unpaired) electrons. The first-order valence-electron chi connectivity index (χ1n) is 8.81. The van der Waals surface area contributed by atoms with Crippen molar-refractivity contribution in [2.75, 3.05) is 11.9 Å². The molecule has 6 nitrogen and oxygen atoms in total. The van der Waals surface area contributed by atoms with Gasteiger partial charge >= 0.3 is 6.03 Å². The maximum atomic E-state index is 12.1. The molecule has 2 amide bonds. The summed E-state index contributed by atoms with van der Waals surface area (Å²) in [6.45, 7) is 4.97. The summed E-state index contributed by atoms with van der Waals surface area (Å²) in [5.74, 6) is 0. The van der Waals surface area contributed by atoms with Crippen LogP contribution in [0, 0.1) is 13.8 Å². The lowest BCUT2D eigenvalue weighted by Crippen LogP contribution is -2.42. The van der Waals surface area contributed by atoms with Crippen molar-refractivity contribution in [1.29, 1.82) is 0 Å². The summed E-state index contributed by atoms with van der Waals surface area (Å²) in [6, 6.07) is 9.49. The third kappa shape index (κ3) is 4.60. The van der Waals surface area contributed by atoms with E-state index in [1.54, 1.807) is 0 Å². The molecule has 0 spiro atoms. The highest BCUT2D eigenvalue weighted by atomic mass is 16.3. The zero-order valence-corrected chi connectivity index (χ0v) is 14.9. The molecule has 25 heavy (non-hydrogen) atoms. The van der Waals surface area contributed by atoms with Crippen molar-refractivity contribution in [2.24, 2.45) is 0 Å². The number of aromatic nitrogens is 2. The first kappa shape index (κ1) is 17.5. The average molecular weight is 342 g/mol. The standard InChI is InChI=1S/C19H26N4O2/c1-14-10-15(2)23(22-14)12-16-6-5-7-17(11-16)21-18(24)20-13-19(25)8-3-4-9-19/h5-7,10-11,25H,3-4,8-9,12-13H2,1-2H3,(H2,20,21,24). The van der Waals surface area contributed by atoms with Crippen molar-refractivity contribution in [3.05, 3.63) is 47.3 Å². The maximum absolute atomic E-state index is 12.1. The van der Waals surface area contributed by atoms with Crippen LogP contribution in [0.4, 0.5) is 10.5 Å². The van der Waals surface area contributed by atoms with Crippen LogP contribution in [0.5, 0.6) is 0 Å². The fraction of sp³-hybridized carbons (Fsp3) is 0.474. The molecule has 1 aromatic heterocycles. The number of hydrogen-bond acceptors (Lipinski definition) is 3. The van der Waals surface area contributed by atoms with E-state index < -0.39 is 5.60 Å². The Bertz CT molecular complexity index is 748. The third-order valence-corrected chi connectivity index (χ3v) is 4.73. The van der Waals surface area contributed by atoms with Crippen LogP contribution >= 0.6 is 0 Å². The Morgan fingerprint density at radius 3 is 2.72 bits per heavy atom. The predicted molar refractivity (Wildman–Crippen MR) is 97.7 cm³/mol. The molecule has 0 atom stereocenters. The number of aliphatic hydroxyl groups is 1. The molecule has 1 aromatic carbocycles. The minimum atomic E-state index is -0.741. The first-order chi connectivity index (χ1) is 11.9. The zero-order chi connectivity index (χ0) is 17.9. The lowest BCUT2D eigenvalue weighted by atomic mass is 10.0. The van der Waals surface area contributed by atoms with Crippen LogP contribution in [-0.2, 0) is 6.54 Å². The highest BCUT2D eigenvalue weighted by molar-refractivity contribution is 5.89. The van der Waals surface area contributed by atoms with E-state index in [4.69, 9.17) is 0 Å². The largest absolute Gasteiger partial charge is 0.388 e. The summed E-state index contributed by atoms with van der Waals surface area (Å²) in [7, 11) is 0. The number of anilines is 1. The summed E-state index contributed by atoms with van der Waals surface area (Å²) in [5.41, 5.74) is 3.16. The summed E-state index contributed by atoms with van der Waals surface area (Å²) in [4.78, 5) is 12.1. The second kappa shape index (κ2) is 7.27. The molecule has 1 aliphatic rings. The van der Waals surface area contributed by atoms with Crippen LogP contribution in [0.15, 0.2) is 30.3 Å². The van der Waals surface area contributed by atoms with Crippen LogP contribution in [0.3, 0.4) is 0 Å². The lowest BCUT2D eigenvalue weighted by molar-refractivity contribution is 0.0506. The monoisotopic (exact) mass is 342 g/mol. The summed E-state index contributed by atoms with van der Waals surface area (Å²) < 4.78 is 1.95. The van der Waals surface area contributed by atoms with Crippen molar-refractivity contribution in [3.63, 3.8) is 0 Å². The van der Waals surface area contributed by atoms with Gasteiger partial charge in [0.1, 0.15) is 0 Å². The van der Waals surface area contributed by atoms with Gasteiger partial charge in [0.15, 0.2) is 0 Å². The molecule has 6 heteroatoms. The van der Waals surface area contributed by atoms with Crippen LogP contribution in [0.25, 0.3) is 0 Å². The number of carbonyl (C=O) groups is 1. The van der Waals surface area contributed by atoms with E-state index in [0.717, 1.165) is 48.3 Å². The van der Waals surface area contributed by atoms with E-state index >= 15 is 0 Å². The van der Waals surface area contributed by atoms with Crippen molar-refractivity contribution >= 4 is 11.7 Å². The normalized spacial score (nSPS) is 16.0. The van der Waals surface area contributed by atoms with Gasteiger partial charge in [0.25, 0.3) is 0 Å². The van der Waals surface area contributed by atoms with Crippen LogP contribution in [-0.4, -0.2) is 33.1 Å². The average Bonchev–Trinajstić information content (AvgIpc) is 3.12. The molecule has 1 aliphatic carbocycles. The first-order valence-corrected chi connectivity index (χ1v) is 8.81. The predicted octanol–water partition coefficient (Wildman–Crippen LogP) is 2.97. The quantitative estimate of drug-likeness (QED) is 0.781. The van der Waals surface area contributed by atoms with Crippen molar-refractivity contribution < 1.29 is 9.90 Å². The molecule has 0 aliphatic heterocycles. The molecule has 1 fully saturated rings. The molecule has 0 bridgehead atoms. The maximum Gasteiger partial charge on any atom is 0.319 e. The molecular weight excluding hydrogens is 316 g/mol. The van der Waals surface area contributed by atoms with Gasteiger partial charge in [0, 0.05) is 17.9 Å². The highest BCUT2D eigenvalue weighted by Gasteiger charge is 2.31. The van der Waals surface area contributed by atoms with E-state index in [1.807, 2.05) is 48.9 Å². The van der Waals surface area contributed by atoms with Gasteiger partial charge in [-0.25, -0.2) is 4.79 Å². The number of hydrogen-bond donors (Lipinski definition) is 3. The Labute approximate surface area is 148 Å². The van der Waals surface area contributed by atoms with Gasteiger partial charge in [-0.1, -0.05) is 25.0 Å². The number of carbonyl (C=O) groups excluding carboxylic acids is 1. The number of amides is 2. The summed E-state index contributed by atoms with van der Waals surface area (Å²) in [6.07, 6.45) is 3.55. The number of rotatable bonds is 5. The number of nitrogens with one attached hydrogen (secondary N) is 2. The van der Waals surface area contributed by atoms with Crippen LogP contribution in [0.2, 0.25) is 0 Å². The molecule has 0 saturated heterocycles. The van der Waals surface area contributed by atoms with Gasteiger partial charge in [-0.05, 0) is 50.5 Å². The second-order valence-electron chi connectivity index (χ2n) is 7.02. The fourth-order valence-electron chi connectivity index (χ4n) is 3.39. The number of benzene rings is 1. The van der Waals surface area contributed by atoms with E-state index in [2.05, 4.69) is 15.7 Å². The van der Waals surface area contributed by atoms with Gasteiger partial charge in [-0.2, -0.15) is 5.10 Å². The summed E-state index contributed by atoms with van der Waals surface area (Å²) in [5, 5.41) is 20.4. The Morgan fingerprint density at radius 1 is 1.28 bits per heavy atom. The van der Waals surface area contributed by atoms with Crippen molar-refractivity contribution in [1.82, 2.24) is 15.1 Å². The number of aryl methyl sites for hydroxylation is 2. The zero-order valence-electron chi connectivity index (χ0n) is 14.9. The lowest BCUT2D eigenvalue weighted by Gasteiger charge is -2.22. The topological polar surface area (TPSA) is 79.2 Å². The Balaban J connectivity index is 1.57. The van der Waals surface area contributed by atoms with Gasteiger partial charge < -0.3 is 15.7 Å². The van der Waals surface area contributed by atoms with Crippen LogP contribution < -0.4 is 10.6 Å². The summed E-state index contributed by atoms with van der Waals surface area (Å²) >= 11 is 0. The van der Waals surface area contributed by atoms with Gasteiger partial charge in [0.05, 0.1) is 17.8 Å². The molecule has 1 saturated carbocycles. The third-order valence-electron chi connectivity index (χ3n) is 4.73. The second-order valence-corrected chi connectivity index (χ2v) is 7.02. The molecule has 134 valence electrons. The Hall–Kier alpha value is -2.34. The minimum Gasteiger partial charge on any atom is -0.388 e. The fourth-order valence-corrected chi connectivity index (χ4v) is 3.39. The molecular formula is C19H26N4O2. The SMILES string of the molecule is Cc1cc(C)n(Cc2cccc(NC(=O)NCC3(O)CCCC3)c2)n1. The molecule has 2 aromatic rings. The van der Waals surface area contributed by atoms with E-state index in [1.165, 1.54) is 0 Å². The molecule has 3 rings (SSSR count). The van der Waals surface area contributed by atoms with E-state index in [9.17, 15) is 9.90 Å². The Morgan fingerprint density at radius 2 is 2.04 bits per heavy atom. The number of urea groups is 1.